The van der Waals surface area contributed by atoms with Crippen LogP contribution in [0.25, 0.3) is 0 Å². The van der Waals surface area contributed by atoms with E-state index in [1.54, 1.807) is 7.11 Å². The molecule has 0 spiro atoms. The van der Waals surface area contributed by atoms with Crippen LogP contribution in [-0.2, 0) is 4.79 Å². The zero-order chi connectivity index (χ0) is 18.9. The maximum atomic E-state index is 12.9. The van der Waals surface area contributed by atoms with Gasteiger partial charge in [0.25, 0.3) is 0 Å². The number of methoxy groups -OCH3 is 1. The number of carbonyl (C=O) groups excluding carboxylic acids is 1. The number of carbonyl (C=O) groups is 1. The quantitative estimate of drug-likeness (QED) is 0.703. The van der Waals surface area contributed by atoms with Crippen LogP contribution in [0.2, 0.25) is 0 Å². The third-order valence-corrected chi connectivity index (χ3v) is 4.21. The molecule has 3 aromatic rings. The van der Waals surface area contributed by atoms with E-state index < -0.39 is 0 Å². The van der Waals surface area contributed by atoms with Crippen LogP contribution in [0.4, 0.5) is 0 Å². The lowest BCUT2D eigenvalue weighted by molar-refractivity contribution is -0.121. The number of benzene rings is 3. The van der Waals surface area contributed by atoms with E-state index in [1.165, 1.54) is 0 Å². The molecule has 0 saturated heterocycles. The average Bonchev–Trinajstić information content (AvgIpc) is 2.73. The molecule has 0 aliphatic carbocycles. The molecule has 0 atom stereocenters. The van der Waals surface area contributed by atoms with Crippen LogP contribution >= 0.6 is 0 Å². The van der Waals surface area contributed by atoms with E-state index in [9.17, 15) is 4.79 Å². The first-order chi connectivity index (χ1) is 13.3. The lowest BCUT2D eigenvalue weighted by atomic mass is 9.90. The van der Waals surface area contributed by atoms with Crippen molar-refractivity contribution in [1.29, 1.82) is 0 Å². The Hall–Kier alpha value is -3.51. The average molecular weight is 355 g/mol. The fraction of sp³-hybridized carbons (Fsp3) is 0.125. The van der Waals surface area contributed by atoms with Crippen LogP contribution in [0.3, 0.4) is 0 Å². The van der Waals surface area contributed by atoms with Crippen molar-refractivity contribution < 1.29 is 9.53 Å². The molecule has 3 rings (SSSR count). The summed E-state index contributed by atoms with van der Waals surface area (Å²) in [5.41, 5.74) is 2.72. The molecular formula is C24H21NO2. The zero-order valence-corrected chi connectivity index (χ0v) is 15.2. The molecule has 0 aliphatic rings. The Balaban J connectivity index is 1.74. The van der Waals surface area contributed by atoms with Crippen LogP contribution in [0, 0.1) is 11.8 Å². The maximum absolute atomic E-state index is 12.9. The summed E-state index contributed by atoms with van der Waals surface area (Å²) in [6.45, 7) is 0.271. The molecule has 3 aromatic carbocycles. The Labute approximate surface area is 160 Å². The van der Waals surface area contributed by atoms with E-state index in [4.69, 9.17) is 4.74 Å². The molecule has 0 bridgehead atoms. The molecule has 0 radical (unpaired) electrons. The third kappa shape index (κ3) is 4.77. The number of para-hydroxylation sites is 1. The summed E-state index contributed by atoms with van der Waals surface area (Å²) in [5.74, 6) is 6.35. The molecule has 0 fully saturated rings. The van der Waals surface area contributed by atoms with Gasteiger partial charge in [-0.2, -0.15) is 0 Å². The second-order valence-corrected chi connectivity index (χ2v) is 5.97. The minimum atomic E-state index is -0.361. The molecule has 3 heteroatoms. The van der Waals surface area contributed by atoms with Crippen LogP contribution < -0.4 is 10.1 Å². The summed E-state index contributed by atoms with van der Waals surface area (Å²) in [6.07, 6.45) is 0. The molecule has 0 aromatic heterocycles. The molecule has 0 aliphatic heterocycles. The Bertz CT molecular complexity index is 901. The summed E-state index contributed by atoms with van der Waals surface area (Å²) in [4.78, 5) is 12.9. The largest absolute Gasteiger partial charge is 0.495 e. The number of amides is 1. The van der Waals surface area contributed by atoms with Gasteiger partial charge in [0.2, 0.25) is 5.91 Å². The number of ether oxygens (including phenoxy) is 1. The summed E-state index contributed by atoms with van der Waals surface area (Å²) < 4.78 is 5.29. The van der Waals surface area contributed by atoms with E-state index in [1.807, 2.05) is 84.9 Å². The number of hydrogen-bond donors (Lipinski definition) is 1. The van der Waals surface area contributed by atoms with Gasteiger partial charge in [0.05, 0.1) is 25.1 Å². The van der Waals surface area contributed by atoms with Gasteiger partial charge in [0.1, 0.15) is 5.75 Å². The van der Waals surface area contributed by atoms with Crippen molar-refractivity contribution in [2.24, 2.45) is 0 Å². The summed E-state index contributed by atoms with van der Waals surface area (Å²) in [6, 6.07) is 27.1. The predicted octanol–water partition coefficient (Wildman–Crippen LogP) is 4.00. The van der Waals surface area contributed by atoms with E-state index in [0.717, 1.165) is 22.4 Å². The van der Waals surface area contributed by atoms with Crippen molar-refractivity contribution in [3.8, 4) is 17.6 Å². The lowest BCUT2D eigenvalue weighted by Crippen LogP contribution is -2.30. The van der Waals surface area contributed by atoms with Crippen molar-refractivity contribution in [3.05, 3.63) is 102 Å². The molecule has 0 unspecified atom stereocenters. The van der Waals surface area contributed by atoms with Gasteiger partial charge in [0.15, 0.2) is 0 Å². The van der Waals surface area contributed by atoms with E-state index in [0.29, 0.717) is 0 Å². The third-order valence-electron chi connectivity index (χ3n) is 4.21. The van der Waals surface area contributed by atoms with Crippen molar-refractivity contribution >= 4 is 5.91 Å². The van der Waals surface area contributed by atoms with Crippen LogP contribution in [0.15, 0.2) is 84.9 Å². The molecule has 0 saturated carbocycles. The first-order valence-electron chi connectivity index (χ1n) is 8.79. The van der Waals surface area contributed by atoms with Crippen molar-refractivity contribution in [2.75, 3.05) is 13.7 Å². The lowest BCUT2D eigenvalue weighted by Gasteiger charge is -2.17. The molecule has 1 N–H and O–H groups in total. The number of rotatable bonds is 5. The van der Waals surface area contributed by atoms with Crippen LogP contribution in [-0.4, -0.2) is 19.6 Å². The Morgan fingerprint density at radius 2 is 1.44 bits per heavy atom. The van der Waals surface area contributed by atoms with Gasteiger partial charge in [-0.3, -0.25) is 4.79 Å². The van der Waals surface area contributed by atoms with Gasteiger partial charge in [-0.25, -0.2) is 0 Å². The highest BCUT2D eigenvalue weighted by Gasteiger charge is 2.21. The number of hydrogen-bond acceptors (Lipinski definition) is 2. The van der Waals surface area contributed by atoms with Crippen molar-refractivity contribution in [3.63, 3.8) is 0 Å². The van der Waals surface area contributed by atoms with Gasteiger partial charge in [-0.15, -0.1) is 0 Å². The Morgan fingerprint density at radius 1 is 0.889 bits per heavy atom. The Morgan fingerprint density at radius 3 is 2.04 bits per heavy atom. The van der Waals surface area contributed by atoms with Gasteiger partial charge < -0.3 is 10.1 Å². The predicted molar refractivity (Wildman–Crippen MR) is 108 cm³/mol. The second kappa shape index (κ2) is 9.26. The molecule has 3 nitrogen and oxygen atoms in total. The molecule has 0 heterocycles. The van der Waals surface area contributed by atoms with Gasteiger partial charge in [0, 0.05) is 0 Å². The first-order valence-corrected chi connectivity index (χ1v) is 8.79. The highest BCUT2D eigenvalue weighted by Crippen LogP contribution is 2.24. The Kier molecular flexibility index (Phi) is 6.27. The maximum Gasteiger partial charge on any atom is 0.232 e. The summed E-state index contributed by atoms with van der Waals surface area (Å²) >= 11 is 0. The fourth-order valence-electron chi connectivity index (χ4n) is 2.91. The molecule has 27 heavy (non-hydrogen) atoms. The SMILES string of the molecule is COc1ccccc1C#CCNC(=O)C(c1ccccc1)c1ccccc1. The molecule has 1 amide bonds. The van der Waals surface area contributed by atoms with Gasteiger partial charge >= 0.3 is 0 Å². The highest BCUT2D eigenvalue weighted by molar-refractivity contribution is 5.87. The fourth-order valence-corrected chi connectivity index (χ4v) is 2.91. The normalized spacial score (nSPS) is 10.0. The van der Waals surface area contributed by atoms with E-state index >= 15 is 0 Å². The van der Waals surface area contributed by atoms with Crippen molar-refractivity contribution in [2.45, 2.75) is 5.92 Å². The minimum Gasteiger partial charge on any atom is -0.495 e. The van der Waals surface area contributed by atoms with E-state index in [2.05, 4.69) is 17.2 Å². The van der Waals surface area contributed by atoms with Crippen LogP contribution in [0.1, 0.15) is 22.6 Å². The van der Waals surface area contributed by atoms with Crippen molar-refractivity contribution in [1.82, 2.24) is 5.32 Å². The zero-order valence-electron chi connectivity index (χ0n) is 15.2. The number of nitrogens with one attached hydrogen (secondary N) is 1. The van der Waals surface area contributed by atoms with E-state index in [-0.39, 0.29) is 18.4 Å². The standard InChI is InChI=1S/C24H21NO2/c1-27-22-17-9-8-11-19(22)16-10-18-25-24(26)23(20-12-4-2-5-13-20)21-14-6-3-7-15-21/h2-9,11-15,17,23H,18H2,1H3,(H,25,26). The minimum absolute atomic E-state index is 0.0678. The second-order valence-electron chi connectivity index (χ2n) is 5.97. The smallest absolute Gasteiger partial charge is 0.232 e. The highest BCUT2D eigenvalue weighted by atomic mass is 16.5. The van der Waals surface area contributed by atoms with Crippen LogP contribution in [0.5, 0.6) is 5.75 Å². The monoisotopic (exact) mass is 355 g/mol. The van der Waals surface area contributed by atoms with Gasteiger partial charge in [-0.05, 0) is 23.3 Å². The summed E-state index contributed by atoms with van der Waals surface area (Å²) in [7, 11) is 1.62. The van der Waals surface area contributed by atoms with Gasteiger partial charge in [-0.1, -0.05) is 84.6 Å². The first kappa shape index (κ1) is 18.3. The molecule has 134 valence electrons. The topological polar surface area (TPSA) is 38.3 Å². The summed E-state index contributed by atoms with van der Waals surface area (Å²) in [5, 5.41) is 2.93. The molecular weight excluding hydrogens is 334 g/mol.